The molecule has 3 rings (SSSR count). The van der Waals surface area contributed by atoms with Crippen molar-refractivity contribution in [2.45, 2.75) is 52.0 Å². The van der Waals surface area contributed by atoms with Crippen LogP contribution >= 0.6 is 0 Å². The van der Waals surface area contributed by atoms with Crippen molar-refractivity contribution in [2.75, 3.05) is 18.5 Å². The molecule has 1 N–H and O–H groups in total. The fourth-order valence-electron chi connectivity index (χ4n) is 3.40. The number of benzene rings is 1. The van der Waals surface area contributed by atoms with Gasteiger partial charge >= 0.3 is 5.97 Å². The minimum Gasteiger partial charge on any atom is -1.00 e. The number of hydrogen-bond donors (Lipinski definition) is 1. The second-order valence-electron chi connectivity index (χ2n) is 6.36. The van der Waals surface area contributed by atoms with Gasteiger partial charge in [0.15, 0.2) is 0 Å². The standard InChI is InChI=1S/C20H26N2O3.ClH/c1-3-24-15-10-11-18-16(12-15)19(22-14-8-6-5-7-9-14)17(13-21-18)20(23)25-4-2;/h10-14H,3-9H2,1-2H3,(H,21,22);1H/p-1. The van der Waals surface area contributed by atoms with E-state index in [0.29, 0.717) is 24.8 Å². The summed E-state index contributed by atoms with van der Waals surface area (Å²) in [7, 11) is 0. The van der Waals surface area contributed by atoms with Crippen LogP contribution in [0.1, 0.15) is 56.3 Å². The van der Waals surface area contributed by atoms with Crippen molar-refractivity contribution >= 4 is 22.6 Å². The fourth-order valence-corrected chi connectivity index (χ4v) is 3.40. The Hall–Kier alpha value is -2.01. The zero-order chi connectivity index (χ0) is 17.6. The molecule has 1 fully saturated rings. The van der Waals surface area contributed by atoms with Crippen LogP contribution in [0.3, 0.4) is 0 Å². The van der Waals surface area contributed by atoms with Gasteiger partial charge in [-0.3, -0.25) is 4.98 Å². The number of fused-ring (bicyclic) bond motifs is 1. The Kier molecular flexibility index (Phi) is 7.51. The SMILES string of the molecule is CCOC(=O)c1cnc2ccc(OCC)cc2c1NC1CCCCC1.[Cl-]. The maximum Gasteiger partial charge on any atom is 0.341 e. The lowest BCUT2D eigenvalue weighted by atomic mass is 9.94. The molecule has 0 amide bonds. The molecule has 0 atom stereocenters. The highest BCUT2D eigenvalue weighted by Gasteiger charge is 2.21. The van der Waals surface area contributed by atoms with Gasteiger partial charge in [-0.1, -0.05) is 19.3 Å². The average Bonchev–Trinajstić information content (AvgIpc) is 2.63. The molecule has 5 nitrogen and oxygen atoms in total. The Bertz CT molecular complexity index is 745. The van der Waals surface area contributed by atoms with Crippen LogP contribution in [0.15, 0.2) is 24.4 Å². The van der Waals surface area contributed by atoms with Crippen LogP contribution in [0.25, 0.3) is 10.9 Å². The summed E-state index contributed by atoms with van der Waals surface area (Å²) in [6.45, 7) is 4.72. The minimum atomic E-state index is -0.336. The highest BCUT2D eigenvalue weighted by atomic mass is 35.5. The molecular weight excluding hydrogens is 352 g/mol. The molecule has 1 aliphatic rings. The number of pyridine rings is 1. The summed E-state index contributed by atoms with van der Waals surface area (Å²) >= 11 is 0. The zero-order valence-corrected chi connectivity index (χ0v) is 16.1. The summed E-state index contributed by atoms with van der Waals surface area (Å²) in [6.07, 6.45) is 7.59. The molecule has 6 heteroatoms. The number of aromatic nitrogens is 1. The molecule has 0 aliphatic heterocycles. The van der Waals surface area contributed by atoms with E-state index in [1.54, 1.807) is 6.20 Å². The Morgan fingerprint density at radius 3 is 2.65 bits per heavy atom. The first-order valence-corrected chi connectivity index (χ1v) is 9.22. The Morgan fingerprint density at radius 2 is 1.96 bits per heavy atom. The van der Waals surface area contributed by atoms with E-state index in [1.807, 2.05) is 32.0 Å². The van der Waals surface area contributed by atoms with Gasteiger partial charge in [0.25, 0.3) is 0 Å². The number of nitrogens with zero attached hydrogens (tertiary/aromatic N) is 1. The molecule has 142 valence electrons. The lowest BCUT2D eigenvalue weighted by Crippen LogP contribution is -3.00. The number of carbonyl (C=O) groups excluding carboxylic acids is 1. The van der Waals surface area contributed by atoms with Crippen LogP contribution in [0.2, 0.25) is 0 Å². The minimum absolute atomic E-state index is 0. The third-order valence-electron chi connectivity index (χ3n) is 4.60. The Labute approximate surface area is 160 Å². The molecule has 1 aliphatic carbocycles. The predicted molar refractivity (Wildman–Crippen MR) is 99.4 cm³/mol. The second kappa shape index (κ2) is 9.62. The zero-order valence-electron chi connectivity index (χ0n) is 15.4. The normalized spacial score (nSPS) is 14.5. The van der Waals surface area contributed by atoms with Crippen LogP contribution in [-0.4, -0.2) is 30.2 Å². The third kappa shape index (κ3) is 4.58. The van der Waals surface area contributed by atoms with Crippen molar-refractivity contribution in [2.24, 2.45) is 0 Å². The molecule has 1 heterocycles. The monoisotopic (exact) mass is 377 g/mol. The van der Waals surface area contributed by atoms with Crippen molar-refractivity contribution in [1.29, 1.82) is 0 Å². The third-order valence-corrected chi connectivity index (χ3v) is 4.60. The smallest absolute Gasteiger partial charge is 0.341 e. The van der Waals surface area contributed by atoms with Gasteiger partial charge in [-0.25, -0.2) is 4.79 Å². The van der Waals surface area contributed by atoms with Crippen LogP contribution in [0.4, 0.5) is 5.69 Å². The lowest BCUT2D eigenvalue weighted by molar-refractivity contribution is -0.0000239. The van der Waals surface area contributed by atoms with E-state index >= 15 is 0 Å². The predicted octanol–water partition coefficient (Wildman–Crippen LogP) is 1.56. The van der Waals surface area contributed by atoms with Crippen LogP contribution < -0.4 is 22.5 Å². The van der Waals surface area contributed by atoms with Crippen molar-refractivity contribution in [3.05, 3.63) is 30.0 Å². The van der Waals surface area contributed by atoms with Gasteiger partial charge in [0.2, 0.25) is 0 Å². The van der Waals surface area contributed by atoms with E-state index in [1.165, 1.54) is 19.3 Å². The molecule has 1 aromatic heterocycles. The molecule has 1 aromatic carbocycles. The first-order valence-electron chi connectivity index (χ1n) is 9.22. The summed E-state index contributed by atoms with van der Waals surface area (Å²) in [4.78, 5) is 16.9. The number of halogens is 1. The van der Waals surface area contributed by atoms with Gasteiger partial charge in [-0.2, -0.15) is 0 Å². The largest absolute Gasteiger partial charge is 1.00 e. The molecule has 0 unspecified atom stereocenters. The van der Waals surface area contributed by atoms with Gasteiger partial charge in [-0.15, -0.1) is 0 Å². The van der Waals surface area contributed by atoms with Gasteiger partial charge in [0.05, 0.1) is 24.4 Å². The molecule has 0 spiro atoms. The highest BCUT2D eigenvalue weighted by Crippen LogP contribution is 2.32. The number of esters is 1. The van der Waals surface area contributed by atoms with Gasteiger partial charge in [-0.05, 0) is 44.9 Å². The molecule has 0 bridgehead atoms. The summed E-state index contributed by atoms with van der Waals surface area (Å²) in [5.74, 6) is 0.446. The van der Waals surface area contributed by atoms with Crippen molar-refractivity contribution in [1.82, 2.24) is 4.98 Å². The van der Waals surface area contributed by atoms with E-state index in [-0.39, 0.29) is 18.4 Å². The summed E-state index contributed by atoms with van der Waals surface area (Å²) in [5.41, 5.74) is 2.15. The lowest BCUT2D eigenvalue weighted by Gasteiger charge is -2.25. The van der Waals surface area contributed by atoms with E-state index in [9.17, 15) is 4.79 Å². The number of carbonyl (C=O) groups is 1. The summed E-state index contributed by atoms with van der Waals surface area (Å²) < 4.78 is 10.9. The van der Waals surface area contributed by atoms with E-state index in [0.717, 1.165) is 35.2 Å². The average molecular weight is 378 g/mol. The summed E-state index contributed by atoms with van der Waals surface area (Å²) in [5, 5.41) is 4.51. The molecule has 2 aromatic rings. The number of anilines is 1. The second-order valence-corrected chi connectivity index (χ2v) is 6.36. The fraction of sp³-hybridized carbons (Fsp3) is 0.500. The van der Waals surface area contributed by atoms with Crippen molar-refractivity contribution in [3.8, 4) is 5.75 Å². The van der Waals surface area contributed by atoms with E-state index < -0.39 is 0 Å². The highest BCUT2D eigenvalue weighted by molar-refractivity contribution is 6.05. The van der Waals surface area contributed by atoms with Gasteiger partial charge in [0, 0.05) is 17.6 Å². The van der Waals surface area contributed by atoms with Crippen LogP contribution in [0, 0.1) is 0 Å². The molecule has 26 heavy (non-hydrogen) atoms. The molecule has 0 saturated heterocycles. The topological polar surface area (TPSA) is 60.5 Å². The van der Waals surface area contributed by atoms with Crippen LogP contribution in [0.5, 0.6) is 5.75 Å². The number of nitrogens with one attached hydrogen (secondary N) is 1. The van der Waals surface area contributed by atoms with Gasteiger partial charge < -0.3 is 27.2 Å². The molecule has 1 saturated carbocycles. The van der Waals surface area contributed by atoms with Crippen LogP contribution in [-0.2, 0) is 4.74 Å². The first kappa shape index (κ1) is 20.3. The Balaban J connectivity index is 0.00000243. The number of rotatable bonds is 6. The maximum absolute atomic E-state index is 12.4. The summed E-state index contributed by atoms with van der Waals surface area (Å²) in [6, 6.07) is 6.18. The molecular formula is C20H26ClN2O3-. The van der Waals surface area contributed by atoms with Gasteiger partial charge in [0.1, 0.15) is 11.3 Å². The maximum atomic E-state index is 12.4. The van der Waals surface area contributed by atoms with E-state index in [2.05, 4.69) is 10.3 Å². The number of hydrogen-bond acceptors (Lipinski definition) is 5. The molecule has 0 radical (unpaired) electrons. The van der Waals surface area contributed by atoms with Crippen molar-refractivity contribution < 1.29 is 26.7 Å². The first-order chi connectivity index (χ1) is 12.2. The Morgan fingerprint density at radius 1 is 1.19 bits per heavy atom. The van der Waals surface area contributed by atoms with E-state index in [4.69, 9.17) is 9.47 Å². The quantitative estimate of drug-likeness (QED) is 0.774. The van der Waals surface area contributed by atoms with Crippen molar-refractivity contribution in [3.63, 3.8) is 0 Å². The number of ether oxygens (including phenoxy) is 2.